The maximum atomic E-state index is 14.1. The van der Waals surface area contributed by atoms with E-state index in [1.54, 1.807) is 6.20 Å². The van der Waals surface area contributed by atoms with E-state index in [2.05, 4.69) is 41.9 Å². The summed E-state index contributed by atoms with van der Waals surface area (Å²) in [4.78, 5) is 125. The van der Waals surface area contributed by atoms with Crippen LogP contribution in [0.1, 0.15) is 78.7 Å². The van der Waals surface area contributed by atoms with Gasteiger partial charge in [-0.25, -0.2) is 0 Å². The molecular weight excluding hydrogens is 913 g/mol. The summed E-state index contributed by atoms with van der Waals surface area (Å²) in [6, 6.07) is 3.57. The Labute approximate surface area is 403 Å². The number of nitrogens with one attached hydrogen (secondary N) is 7. The van der Waals surface area contributed by atoms with Crippen LogP contribution in [0.3, 0.4) is 0 Å². The third kappa shape index (κ3) is 15.9. The van der Waals surface area contributed by atoms with Crippen LogP contribution in [0.15, 0.2) is 53.7 Å². The number of para-hydroxylation sites is 1. The first-order valence-electron chi connectivity index (χ1n) is 22.9. The van der Waals surface area contributed by atoms with Crippen molar-refractivity contribution in [1.82, 2.24) is 36.9 Å². The number of carbonyl (C=O) groups is 7. The van der Waals surface area contributed by atoms with Crippen molar-refractivity contribution in [1.29, 1.82) is 0 Å². The van der Waals surface area contributed by atoms with Crippen LogP contribution in [0.4, 0.5) is 17.1 Å². The van der Waals surface area contributed by atoms with Gasteiger partial charge in [-0.1, -0.05) is 45.9 Å². The Morgan fingerprint density at radius 2 is 1.43 bits per heavy atom. The van der Waals surface area contributed by atoms with Crippen LogP contribution in [-0.4, -0.2) is 118 Å². The summed E-state index contributed by atoms with van der Waals surface area (Å²) in [5.74, 6) is -5.53. The molecule has 6 atom stereocenters. The first-order valence-corrected chi connectivity index (χ1v) is 22.9. The summed E-state index contributed by atoms with van der Waals surface area (Å²) >= 11 is 0. The first kappa shape index (κ1) is 54.7. The van der Waals surface area contributed by atoms with Crippen LogP contribution in [0.2, 0.25) is 0 Å². The zero-order valence-electron chi connectivity index (χ0n) is 39.8. The summed E-state index contributed by atoms with van der Waals surface area (Å²) in [6.07, 6.45) is 3.07. The fraction of sp³-hybridized carbons (Fsp3) is 0.511. The monoisotopic (exact) mass is 976 g/mol. The van der Waals surface area contributed by atoms with Crippen molar-refractivity contribution in [3.8, 4) is 0 Å². The minimum Gasteiger partial charge on any atom is -0.370 e. The van der Waals surface area contributed by atoms with Crippen molar-refractivity contribution >= 4 is 75.3 Å². The Hall–Kier alpha value is -7.86. The molecule has 0 bridgehead atoms. The molecule has 380 valence electrons. The van der Waals surface area contributed by atoms with Gasteiger partial charge in [0.1, 0.15) is 41.9 Å². The van der Waals surface area contributed by atoms with Crippen LogP contribution in [-0.2, 0) is 40.0 Å². The van der Waals surface area contributed by atoms with Gasteiger partial charge in [-0.2, -0.15) is 0 Å². The van der Waals surface area contributed by atoms with Gasteiger partial charge in [0.2, 0.25) is 41.4 Å². The molecule has 0 unspecified atom stereocenters. The maximum absolute atomic E-state index is 14.1. The summed E-state index contributed by atoms with van der Waals surface area (Å²) < 4.78 is 0. The van der Waals surface area contributed by atoms with Crippen LogP contribution in [0, 0.1) is 32.1 Å². The van der Waals surface area contributed by atoms with E-state index in [1.807, 2.05) is 52.0 Å². The number of amides is 7. The highest BCUT2D eigenvalue weighted by Gasteiger charge is 2.37. The van der Waals surface area contributed by atoms with Gasteiger partial charge in [-0.05, 0) is 75.0 Å². The Morgan fingerprint density at radius 1 is 0.786 bits per heavy atom. The number of fused-ring (bicyclic) bond motifs is 1. The highest BCUT2D eigenvalue weighted by molar-refractivity contribution is 5.97. The van der Waals surface area contributed by atoms with Crippen LogP contribution >= 0.6 is 0 Å². The number of benzene rings is 2. The number of aromatic nitrogens is 1. The topological polar surface area (TPSA) is 387 Å². The number of hydrogen-bond acceptors (Lipinski definition) is 13. The lowest BCUT2D eigenvalue weighted by molar-refractivity contribution is -0.393. The molecule has 25 nitrogen and oxygen atoms in total. The molecule has 2 aromatic carbocycles. The molecule has 1 saturated heterocycles. The van der Waals surface area contributed by atoms with Gasteiger partial charge in [0.25, 0.3) is 11.4 Å². The third-order valence-corrected chi connectivity index (χ3v) is 11.4. The SMILES string of the molecule is CC(C)C[C@H](NC(=O)CNC(=O)[C@H](CC(C)C)NC(=O)[C@@H]1CCCN1c1ccc([N+](=O)[O-])cc1[N+](=O)[O-])C(=O)N[C@H](Cc1c[nH]c2ccccc12)C(=O)N[C@@H](C)C(=O)N[C@H](CCCN=C(N)N)C(N)=O. The van der Waals surface area contributed by atoms with E-state index in [1.165, 1.54) is 17.9 Å². The molecule has 0 spiro atoms. The Balaban J connectivity index is 1.46. The minimum absolute atomic E-state index is 0.0147. The minimum atomic E-state index is -1.29. The number of anilines is 1. The van der Waals surface area contributed by atoms with E-state index < -0.39 is 105 Å². The molecule has 0 radical (unpaired) electrons. The van der Waals surface area contributed by atoms with Crippen molar-refractivity contribution < 1.29 is 43.4 Å². The number of rotatable bonds is 26. The molecule has 13 N–H and O–H groups in total. The lowest BCUT2D eigenvalue weighted by atomic mass is 10.0. The molecule has 25 heteroatoms. The normalized spacial score (nSPS) is 15.5. The van der Waals surface area contributed by atoms with Crippen molar-refractivity contribution in [2.75, 3.05) is 24.5 Å². The number of non-ortho nitro benzene ring substituents is 1. The van der Waals surface area contributed by atoms with E-state index in [0.717, 1.165) is 23.0 Å². The lowest BCUT2D eigenvalue weighted by Gasteiger charge is -2.28. The van der Waals surface area contributed by atoms with Crippen LogP contribution in [0.5, 0.6) is 0 Å². The molecule has 1 aliphatic heterocycles. The number of primary amides is 1. The number of carbonyl (C=O) groups excluding carboxylic acids is 7. The number of nitrogens with two attached hydrogens (primary N) is 3. The van der Waals surface area contributed by atoms with Gasteiger partial charge < -0.3 is 59.0 Å². The predicted molar refractivity (Wildman–Crippen MR) is 258 cm³/mol. The van der Waals surface area contributed by atoms with Gasteiger partial charge >= 0.3 is 0 Å². The van der Waals surface area contributed by atoms with E-state index >= 15 is 0 Å². The Morgan fingerprint density at radius 3 is 2.06 bits per heavy atom. The fourth-order valence-electron chi connectivity index (χ4n) is 8.02. The van der Waals surface area contributed by atoms with E-state index in [9.17, 15) is 53.8 Å². The van der Waals surface area contributed by atoms with E-state index in [0.29, 0.717) is 18.4 Å². The second-order valence-electron chi connectivity index (χ2n) is 18.0. The van der Waals surface area contributed by atoms with E-state index in [-0.39, 0.29) is 68.7 Å². The number of guanidine groups is 1. The number of hydrogen-bond donors (Lipinski definition) is 10. The van der Waals surface area contributed by atoms with Crippen molar-refractivity contribution in [3.63, 3.8) is 0 Å². The highest BCUT2D eigenvalue weighted by atomic mass is 16.6. The molecule has 4 rings (SSSR count). The van der Waals surface area contributed by atoms with Gasteiger partial charge in [-0.15, -0.1) is 0 Å². The fourth-order valence-corrected chi connectivity index (χ4v) is 8.02. The Bertz CT molecular complexity index is 2440. The van der Waals surface area contributed by atoms with Gasteiger partial charge in [0, 0.05) is 42.7 Å². The molecule has 1 aromatic heterocycles. The summed E-state index contributed by atoms with van der Waals surface area (Å²) in [7, 11) is 0. The second kappa shape index (κ2) is 25.5. The molecule has 0 aliphatic carbocycles. The quantitative estimate of drug-likeness (QED) is 0.0171. The molecule has 1 fully saturated rings. The molecule has 0 saturated carbocycles. The predicted octanol–water partition coefficient (Wildman–Crippen LogP) is 0.387. The highest BCUT2D eigenvalue weighted by Crippen LogP contribution is 2.36. The zero-order chi connectivity index (χ0) is 51.8. The maximum Gasteiger partial charge on any atom is 0.299 e. The summed E-state index contributed by atoms with van der Waals surface area (Å²) in [5.41, 5.74) is 16.6. The average Bonchev–Trinajstić information content (AvgIpc) is 3.95. The van der Waals surface area contributed by atoms with Gasteiger partial charge in [-0.3, -0.25) is 58.8 Å². The average molecular weight is 977 g/mol. The number of aliphatic imine (C=N–C) groups is 1. The number of aromatic amines is 1. The van der Waals surface area contributed by atoms with Gasteiger partial charge in [0.15, 0.2) is 5.96 Å². The standard InChI is InChI=1S/C45H64N14O11/c1-24(2)18-32(56-44(66)36-13-9-17-57(36)35-15-14-28(58(67)68)21-37(35)59(69)70)41(63)51-23-38(60)53-33(19-25(3)4)43(65)55-34(20-27-22-50-30-11-7-6-10-29(27)30)42(64)52-26(5)40(62)54-31(39(46)61)12-8-16-49-45(47)48/h6-7,10-11,14-15,21-22,24-26,31-34,36,50H,8-9,12-13,16-20,23H2,1-5H3,(H2,46,61)(H,51,63)(H,52,64)(H,53,60)(H,54,62)(H,55,65)(H,56,66)(H4,47,48,49)/t26-,31+,32-,33-,34+,36-/m0/s1. The smallest absolute Gasteiger partial charge is 0.299 e. The molecular formula is C45H64N14O11. The largest absolute Gasteiger partial charge is 0.370 e. The first-order chi connectivity index (χ1) is 33.1. The summed E-state index contributed by atoms with van der Waals surface area (Å²) in [5, 5.41) is 39.8. The number of nitrogens with zero attached hydrogens (tertiary/aromatic N) is 4. The van der Waals surface area contributed by atoms with Crippen molar-refractivity contribution in [2.45, 2.75) is 116 Å². The number of nitro benzene ring substituents is 2. The third-order valence-electron chi connectivity index (χ3n) is 11.4. The second-order valence-corrected chi connectivity index (χ2v) is 18.0. The number of H-pyrrole nitrogens is 1. The van der Waals surface area contributed by atoms with E-state index in [4.69, 9.17) is 17.2 Å². The summed E-state index contributed by atoms with van der Waals surface area (Å²) in [6.45, 7) is 8.46. The number of nitro groups is 2. The molecule has 1 aliphatic rings. The zero-order valence-corrected chi connectivity index (χ0v) is 39.8. The van der Waals surface area contributed by atoms with Crippen molar-refractivity contribution in [3.05, 3.63) is 74.5 Å². The van der Waals surface area contributed by atoms with Crippen molar-refractivity contribution in [2.24, 2.45) is 34.0 Å². The van der Waals surface area contributed by atoms with Gasteiger partial charge in [0.05, 0.1) is 22.5 Å². The molecule has 70 heavy (non-hydrogen) atoms. The molecule has 7 amide bonds. The lowest BCUT2D eigenvalue weighted by Crippen LogP contribution is -2.58. The van der Waals surface area contributed by atoms with Crippen LogP contribution < -0.4 is 54.0 Å². The Kier molecular flexibility index (Phi) is 19.9. The van der Waals surface area contributed by atoms with Crippen LogP contribution in [0.25, 0.3) is 10.9 Å². The molecule has 2 heterocycles. The molecule has 3 aromatic rings.